The molecular formula is C15H19NO4S. The molecule has 1 aromatic rings. The number of aryl methyl sites for hydroxylation is 1. The average molecular weight is 309 g/mol. The van der Waals surface area contributed by atoms with E-state index in [0.717, 1.165) is 5.56 Å². The highest BCUT2D eigenvalue weighted by molar-refractivity contribution is 7.89. The molecule has 0 aliphatic carbocycles. The highest BCUT2D eigenvalue weighted by Crippen LogP contribution is 2.19. The fraction of sp³-hybridized carbons (Fsp3) is 0.400. The molecule has 1 amide bonds. The van der Waals surface area contributed by atoms with Gasteiger partial charge in [-0.2, -0.15) is 4.31 Å². The lowest BCUT2D eigenvalue weighted by Gasteiger charge is -2.25. The van der Waals surface area contributed by atoms with Gasteiger partial charge in [-0.3, -0.25) is 0 Å². The summed E-state index contributed by atoms with van der Waals surface area (Å²) in [7, 11) is -4.04. The number of carbonyl (C=O) groups is 1. The van der Waals surface area contributed by atoms with Crippen LogP contribution in [0.2, 0.25) is 0 Å². The van der Waals surface area contributed by atoms with E-state index < -0.39 is 21.7 Å². The lowest BCUT2D eigenvalue weighted by molar-refractivity contribution is 0.0406. The van der Waals surface area contributed by atoms with Gasteiger partial charge in [0.05, 0.1) is 4.90 Å². The fourth-order valence-corrected chi connectivity index (χ4v) is 2.69. The number of nitrogens with zero attached hydrogens (tertiary/aromatic N) is 1. The molecule has 0 aromatic heterocycles. The summed E-state index contributed by atoms with van der Waals surface area (Å²) in [5, 5.41) is 0. The zero-order chi connectivity index (χ0) is 16.3. The Morgan fingerprint density at radius 3 is 2.24 bits per heavy atom. The van der Waals surface area contributed by atoms with Crippen LogP contribution in [0.4, 0.5) is 4.79 Å². The van der Waals surface area contributed by atoms with Crippen LogP contribution in [-0.4, -0.2) is 31.0 Å². The van der Waals surface area contributed by atoms with Crippen LogP contribution in [0.5, 0.6) is 0 Å². The second kappa shape index (κ2) is 6.19. The summed E-state index contributed by atoms with van der Waals surface area (Å²) in [6.45, 7) is 6.40. The molecule has 21 heavy (non-hydrogen) atoms. The molecule has 5 nitrogen and oxygen atoms in total. The van der Waals surface area contributed by atoms with E-state index in [-0.39, 0.29) is 11.4 Å². The Morgan fingerprint density at radius 2 is 1.81 bits per heavy atom. The summed E-state index contributed by atoms with van der Waals surface area (Å²) in [6.07, 6.45) is 4.18. The van der Waals surface area contributed by atoms with Gasteiger partial charge in [-0.1, -0.05) is 23.6 Å². The van der Waals surface area contributed by atoms with Gasteiger partial charge >= 0.3 is 6.09 Å². The maximum absolute atomic E-state index is 12.5. The van der Waals surface area contributed by atoms with Gasteiger partial charge in [0.15, 0.2) is 0 Å². The zero-order valence-electron chi connectivity index (χ0n) is 12.6. The van der Waals surface area contributed by atoms with E-state index in [1.165, 1.54) is 12.1 Å². The highest BCUT2D eigenvalue weighted by atomic mass is 32.2. The third-order valence-corrected chi connectivity index (χ3v) is 4.17. The van der Waals surface area contributed by atoms with Crippen molar-refractivity contribution in [2.75, 3.05) is 6.54 Å². The van der Waals surface area contributed by atoms with E-state index in [9.17, 15) is 13.2 Å². The quantitative estimate of drug-likeness (QED) is 0.805. The minimum Gasteiger partial charge on any atom is -0.443 e. The van der Waals surface area contributed by atoms with Gasteiger partial charge in [-0.15, -0.1) is 6.42 Å². The molecule has 0 heterocycles. The normalized spacial score (nSPS) is 11.6. The zero-order valence-corrected chi connectivity index (χ0v) is 13.4. The number of ether oxygens (including phenoxy) is 1. The summed E-state index contributed by atoms with van der Waals surface area (Å²) >= 11 is 0. The van der Waals surface area contributed by atoms with Gasteiger partial charge in [0, 0.05) is 0 Å². The molecule has 0 atom stereocenters. The van der Waals surface area contributed by atoms with Crippen molar-refractivity contribution in [2.45, 2.75) is 38.2 Å². The number of hydrogen-bond acceptors (Lipinski definition) is 4. The lowest BCUT2D eigenvalue weighted by atomic mass is 10.2. The van der Waals surface area contributed by atoms with E-state index in [4.69, 9.17) is 11.2 Å². The SMILES string of the molecule is C#CCN(C(=O)OC(C)(C)C)S(=O)(=O)c1ccc(C)cc1. The maximum atomic E-state index is 12.5. The van der Waals surface area contributed by atoms with Crippen LogP contribution in [-0.2, 0) is 14.8 Å². The fourth-order valence-electron chi connectivity index (χ4n) is 1.48. The predicted molar refractivity (Wildman–Crippen MR) is 80.1 cm³/mol. The third-order valence-electron chi connectivity index (χ3n) is 2.44. The van der Waals surface area contributed by atoms with Gasteiger partial charge in [0.2, 0.25) is 0 Å². The largest absolute Gasteiger partial charge is 0.443 e. The topological polar surface area (TPSA) is 63.7 Å². The first kappa shape index (κ1) is 17.1. The van der Waals surface area contributed by atoms with Crippen LogP contribution >= 0.6 is 0 Å². The Bertz CT molecular complexity index is 648. The molecule has 114 valence electrons. The Kier molecular flexibility index (Phi) is 5.02. The minimum atomic E-state index is -4.04. The van der Waals surface area contributed by atoms with Crippen molar-refractivity contribution in [2.24, 2.45) is 0 Å². The second-order valence-corrected chi connectivity index (χ2v) is 7.37. The Hall–Kier alpha value is -2.00. The molecule has 0 N–H and O–H groups in total. The summed E-state index contributed by atoms with van der Waals surface area (Å²) < 4.78 is 30.6. The molecule has 0 fully saturated rings. The number of hydrogen-bond donors (Lipinski definition) is 0. The van der Waals surface area contributed by atoms with Gasteiger partial charge < -0.3 is 4.74 Å². The van der Waals surface area contributed by atoms with Gasteiger partial charge in [0.25, 0.3) is 10.0 Å². The Labute approximate surface area is 126 Å². The number of benzene rings is 1. The van der Waals surface area contributed by atoms with E-state index in [0.29, 0.717) is 4.31 Å². The molecule has 0 aliphatic heterocycles. The van der Waals surface area contributed by atoms with Crippen LogP contribution in [0.15, 0.2) is 29.2 Å². The maximum Gasteiger partial charge on any atom is 0.425 e. The molecular weight excluding hydrogens is 290 g/mol. The number of terminal acetylenes is 1. The molecule has 0 unspecified atom stereocenters. The van der Waals surface area contributed by atoms with Crippen molar-refractivity contribution in [3.05, 3.63) is 29.8 Å². The molecule has 0 radical (unpaired) electrons. The van der Waals surface area contributed by atoms with Crippen molar-refractivity contribution in [3.63, 3.8) is 0 Å². The summed E-state index contributed by atoms with van der Waals surface area (Å²) in [5.41, 5.74) is 0.0990. The minimum absolute atomic E-state index is 0.00536. The lowest BCUT2D eigenvalue weighted by Crippen LogP contribution is -2.41. The number of amides is 1. The summed E-state index contributed by atoms with van der Waals surface area (Å²) in [5.74, 6) is 2.17. The van der Waals surface area contributed by atoms with Crippen LogP contribution in [0, 0.1) is 19.3 Å². The van der Waals surface area contributed by atoms with E-state index in [1.54, 1.807) is 32.9 Å². The van der Waals surface area contributed by atoms with Gasteiger partial charge in [-0.25, -0.2) is 13.2 Å². The molecule has 0 saturated heterocycles. The van der Waals surface area contributed by atoms with E-state index in [2.05, 4.69) is 5.92 Å². The van der Waals surface area contributed by atoms with Crippen LogP contribution in [0.1, 0.15) is 26.3 Å². The Morgan fingerprint density at radius 1 is 1.29 bits per heavy atom. The molecule has 0 spiro atoms. The summed E-state index contributed by atoms with van der Waals surface area (Å²) in [4.78, 5) is 12.1. The molecule has 0 aliphatic rings. The van der Waals surface area contributed by atoms with Crippen LogP contribution < -0.4 is 0 Å². The van der Waals surface area contributed by atoms with E-state index in [1.807, 2.05) is 6.92 Å². The number of rotatable bonds is 3. The van der Waals surface area contributed by atoms with Crippen molar-refractivity contribution in [1.29, 1.82) is 0 Å². The number of sulfonamides is 1. The van der Waals surface area contributed by atoms with Gasteiger partial charge in [-0.05, 0) is 39.8 Å². The molecule has 1 rings (SSSR count). The monoisotopic (exact) mass is 309 g/mol. The number of carbonyl (C=O) groups excluding carboxylic acids is 1. The first-order valence-electron chi connectivity index (χ1n) is 6.34. The van der Waals surface area contributed by atoms with Crippen LogP contribution in [0.3, 0.4) is 0 Å². The molecule has 0 saturated carbocycles. The highest BCUT2D eigenvalue weighted by Gasteiger charge is 2.32. The van der Waals surface area contributed by atoms with Crippen molar-refractivity contribution in [1.82, 2.24) is 4.31 Å². The Balaban J connectivity index is 3.18. The predicted octanol–water partition coefficient (Wildman–Crippen LogP) is 2.55. The smallest absolute Gasteiger partial charge is 0.425 e. The second-order valence-electron chi connectivity index (χ2n) is 5.51. The third kappa shape index (κ3) is 4.50. The molecule has 0 bridgehead atoms. The first-order valence-corrected chi connectivity index (χ1v) is 7.78. The molecule has 6 heteroatoms. The molecule has 1 aromatic carbocycles. The first-order chi connectivity index (χ1) is 9.58. The van der Waals surface area contributed by atoms with Crippen molar-refractivity contribution < 1.29 is 17.9 Å². The van der Waals surface area contributed by atoms with Crippen LogP contribution in [0.25, 0.3) is 0 Å². The standard InChI is InChI=1S/C15H19NO4S/c1-6-11-16(14(17)20-15(3,4)5)21(18,19)13-9-7-12(2)8-10-13/h1,7-10H,11H2,2-5H3. The average Bonchev–Trinajstić information content (AvgIpc) is 2.34. The van der Waals surface area contributed by atoms with Gasteiger partial charge in [0.1, 0.15) is 12.1 Å². The van der Waals surface area contributed by atoms with E-state index >= 15 is 0 Å². The summed E-state index contributed by atoms with van der Waals surface area (Å²) in [6, 6.07) is 6.16. The van der Waals surface area contributed by atoms with Crippen molar-refractivity contribution in [3.8, 4) is 12.3 Å². The van der Waals surface area contributed by atoms with Crippen molar-refractivity contribution >= 4 is 16.1 Å².